The second kappa shape index (κ2) is 8.61. The zero-order chi connectivity index (χ0) is 15.8. The van der Waals surface area contributed by atoms with E-state index in [1.54, 1.807) is 6.20 Å². The minimum atomic E-state index is 0.577. The number of halogens is 1. The van der Waals surface area contributed by atoms with E-state index in [2.05, 4.69) is 10.3 Å². The molecular weight excluding hydrogens is 300 g/mol. The second-order valence-electron chi connectivity index (χ2n) is 4.68. The molecule has 2 aromatic rings. The van der Waals surface area contributed by atoms with E-state index in [1.807, 2.05) is 44.2 Å². The summed E-state index contributed by atoms with van der Waals surface area (Å²) in [6.45, 7) is 6.38. The fourth-order valence-corrected chi connectivity index (χ4v) is 2.30. The van der Waals surface area contributed by atoms with Gasteiger partial charge < -0.3 is 14.8 Å². The quantitative estimate of drug-likeness (QED) is 0.803. The molecule has 22 heavy (non-hydrogen) atoms. The molecule has 0 bridgehead atoms. The molecule has 1 heterocycles. The van der Waals surface area contributed by atoms with Gasteiger partial charge in [0, 0.05) is 30.4 Å². The molecule has 2 rings (SSSR count). The van der Waals surface area contributed by atoms with Gasteiger partial charge in [0.15, 0.2) is 11.5 Å². The summed E-state index contributed by atoms with van der Waals surface area (Å²) < 4.78 is 11.2. The first kappa shape index (κ1) is 16.6. The Morgan fingerprint density at radius 1 is 1.05 bits per heavy atom. The summed E-state index contributed by atoms with van der Waals surface area (Å²) in [6, 6.07) is 9.61. The Kier molecular flexibility index (Phi) is 6.49. The van der Waals surface area contributed by atoms with Crippen LogP contribution in [0.2, 0.25) is 5.02 Å². The van der Waals surface area contributed by atoms with Gasteiger partial charge in [0.2, 0.25) is 0 Å². The highest BCUT2D eigenvalue weighted by Gasteiger charge is 2.10. The number of nitrogens with one attached hydrogen (secondary N) is 1. The molecule has 0 saturated carbocycles. The minimum absolute atomic E-state index is 0.577. The molecule has 4 nitrogen and oxygen atoms in total. The largest absolute Gasteiger partial charge is 0.490 e. The van der Waals surface area contributed by atoms with E-state index < -0.39 is 0 Å². The van der Waals surface area contributed by atoms with Crippen molar-refractivity contribution in [2.45, 2.75) is 26.9 Å². The summed E-state index contributed by atoms with van der Waals surface area (Å²) in [5.41, 5.74) is 1.97. The van der Waals surface area contributed by atoms with Crippen molar-refractivity contribution in [1.29, 1.82) is 0 Å². The first-order valence-corrected chi connectivity index (χ1v) is 7.81. The number of pyridine rings is 1. The van der Waals surface area contributed by atoms with Gasteiger partial charge in [-0.15, -0.1) is 0 Å². The summed E-state index contributed by atoms with van der Waals surface area (Å²) in [5, 5.41) is 4.00. The van der Waals surface area contributed by atoms with E-state index in [0.717, 1.165) is 17.0 Å². The van der Waals surface area contributed by atoms with Crippen LogP contribution in [0.4, 0.5) is 0 Å². The summed E-state index contributed by atoms with van der Waals surface area (Å²) in [4.78, 5) is 4.28. The van der Waals surface area contributed by atoms with E-state index in [9.17, 15) is 0 Å². The zero-order valence-electron chi connectivity index (χ0n) is 12.9. The molecular formula is C17H21ClN2O2. The molecule has 0 aliphatic heterocycles. The van der Waals surface area contributed by atoms with Gasteiger partial charge in [-0.2, -0.15) is 0 Å². The highest BCUT2D eigenvalue weighted by atomic mass is 35.5. The first-order chi connectivity index (χ1) is 10.7. The van der Waals surface area contributed by atoms with E-state index >= 15 is 0 Å². The topological polar surface area (TPSA) is 43.4 Å². The Morgan fingerprint density at radius 3 is 2.41 bits per heavy atom. The second-order valence-corrected chi connectivity index (χ2v) is 5.09. The smallest absolute Gasteiger partial charge is 0.162 e. The van der Waals surface area contributed by atoms with E-state index in [-0.39, 0.29) is 0 Å². The van der Waals surface area contributed by atoms with Gasteiger partial charge in [-0.25, -0.2) is 0 Å². The third kappa shape index (κ3) is 4.61. The lowest BCUT2D eigenvalue weighted by Gasteiger charge is -2.14. The average molecular weight is 321 g/mol. The van der Waals surface area contributed by atoms with Crippen LogP contribution in [0.3, 0.4) is 0 Å². The Bertz CT molecular complexity index is 591. The van der Waals surface area contributed by atoms with Crippen molar-refractivity contribution in [1.82, 2.24) is 10.3 Å². The molecule has 0 spiro atoms. The van der Waals surface area contributed by atoms with Gasteiger partial charge in [-0.1, -0.05) is 17.7 Å². The van der Waals surface area contributed by atoms with Crippen LogP contribution in [0.5, 0.6) is 11.5 Å². The SMILES string of the molecule is CCOc1cc(Cl)c(CNCc2ccccn2)cc1OCC. The molecule has 0 fully saturated rings. The Morgan fingerprint density at radius 2 is 1.77 bits per heavy atom. The van der Waals surface area contributed by atoms with Crippen molar-refractivity contribution in [2.24, 2.45) is 0 Å². The maximum absolute atomic E-state index is 6.33. The van der Waals surface area contributed by atoms with Gasteiger partial charge in [-0.3, -0.25) is 4.98 Å². The molecule has 1 N–H and O–H groups in total. The summed E-state index contributed by atoms with van der Waals surface area (Å²) >= 11 is 6.33. The lowest BCUT2D eigenvalue weighted by molar-refractivity contribution is 0.287. The Balaban J connectivity index is 2.05. The normalized spacial score (nSPS) is 10.5. The standard InChI is InChI=1S/C17H21ClN2O2/c1-3-21-16-9-13(15(18)10-17(16)22-4-2)11-19-12-14-7-5-6-8-20-14/h5-10,19H,3-4,11-12H2,1-2H3. The van der Waals surface area contributed by atoms with Crippen LogP contribution >= 0.6 is 11.6 Å². The van der Waals surface area contributed by atoms with Crippen LogP contribution in [0.1, 0.15) is 25.1 Å². The summed E-state index contributed by atoms with van der Waals surface area (Å²) in [5.74, 6) is 1.41. The van der Waals surface area contributed by atoms with Crippen LogP contribution in [0.15, 0.2) is 36.5 Å². The molecule has 1 aromatic heterocycles. The number of hydrogen-bond acceptors (Lipinski definition) is 4. The first-order valence-electron chi connectivity index (χ1n) is 7.43. The van der Waals surface area contributed by atoms with Gasteiger partial charge >= 0.3 is 0 Å². The molecule has 1 aromatic carbocycles. The van der Waals surface area contributed by atoms with Gasteiger partial charge in [0.1, 0.15) is 0 Å². The predicted molar refractivity (Wildman–Crippen MR) is 88.6 cm³/mol. The van der Waals surface area contributed by atoms with Crippen molar-refractivity contribution in [3.05, 3.63) is 52.8 Å². The highest BCUT2D eigenvalue weighted by Crippen LogP contribution is 2.33. The maximum Gasteiger partial charge on any atom is 0.162 e. The summed E-state index contributed by atoms with van der Waals surface area (Å²) in [7, 11) is 0. The molecule has 0 saturated heterocycles. The van der Waals surface area contributed by atoms with Crippen LogP contribution in [-0.4, -0.2) is 18.2 Å². The fourth-order valence-electron chi connectivity index (χ4n) is 2.08. The number of benzene rings is 1. The maximum atomic E-state index is 6.33. The highest BCUT2D eigenvalue weighted by molar-refractivity contribution is 6.31. The molecule has 0 radical (unpaired) electrons. The van der Waals surface area contributed by atoms with E-state index in [1.165, 1.54) is 0 Å². The molecule has 0 aliphatic rings. The number of nitrogens with zero attached hydrogens (tertiary/aromatic N) is 1. The monoisotopic (exact) mass is 320 g/mol. The van der Waals surface area contributed by atoms with Crippen LogP contribution < -0.4 is 14.8 Å². The average Bonchev–Trinajstić information content (AvgIpc) is 2.53. The van der Waals surface area contributed by atoms with Gasteiger partial charge in [0.25, 0.3) is 0 Å². The van der Waals surface area contributed by atoms with Crippen LogP contribution in [0, 0.1) is 0 Å². The molecule has 0 aliphatic carbocycles. The van der Waals surface area contributed by atoms with Crippen LogP contribution in [0.25, 0.3) is 0 Å². The van der Waals surface area contributed by atoms with Gasteiger partial charge in [-0.05, 0) is 37.6 Å². The zero-order valence-corrected chi connectivity index (χ0v) is 13.7. The van der Waals surface area contributed by atoms with Crippen molar-refractivity contribution in [3.63, 3.8) is 0 Å². The Labute approximate surface area is 136 Å². The minimum Gasteiger partial charge on any atom is -0.490 e. The van der Waals surface area contributed by atoms with E-state index in [4.69, 9.17) is 21.1 Å². The number of hydrogen-bond donors (Lipinski definition) is 1. The number of rotatable bonds is 8. The van der Waals surface area contributed by atoms with E-state index in [0.29, 0.717) is 37.1 Å². The molecule has 0 unspecified atom stereocenters. The number of aromatic nitrogens is 1. The van der Waals surface area contributed by atoms with Gasteiger partial charge in [0.05, 0.1) is 18.9 Å². The molecule has 0 atom stereocenters. The lowest BCUT2D eigenvalue weighted by Crippen LogP contribution is -2.14. The van der Waals surface area contributed by atoms with Crippen molar-refractivity contribution >= 4 is 11.6 Å². The Hall–Kier alpha value is -1.78. The van der Waals surface area contributed by atoms with Crippen LogP contribution in [-0.2, 0) is 13.1 Å². The third-order valence-electron chi connectivity index (χ3n) is 3.06. The summed E-state index contributed by atoms with van der Waals surface area (Å²) in [6.07, 6.45) is 1.79. The predicted octanol–water partition coefficient (Wildman–Crippen LogP) is 3.82. The molecule has 118 valence electrons. The van der Waals surface area contributed by atoms with Crippen molar-refractivity contribution in [2.75, 3.05) is 13.2 Å². The number of ether oxygens (including phenoxy) is 2. The lowest BCUT2D eigenvalue weighted by atomic mass is 10.2. The fraction of sp³-hybridized carbons (Fsp3) is 0.353. The van der Waals surface area contributed by atoms with Crippen molar-refractivity contribution < 1.29 is 9.47 Å². The molecule has 0 amide bonds. The molecule has 5 heteroatoms. The third-order valence-corrected chi connectivity index (χ3v) is 3.41. The van der Waals surface area contributed by atoms with Crippen molar-refractivity contribution in [3.8, 4) is 11.5 Å².